The first-order valence-electron chi connectivity index (χ1n) is 3.72. The Bertz CT molecular complexity index is 325. The van der Waals surface area contributed by atoms with E-state index in [0.717, 1.165) is 5.56 Å². The topological polar surface area (TPSA) is 37.3 Å². The number of hydrogen-bond donors (Lipinski definition) is 2. The number of phenolic OH excluding ortho intramolecular Hbond substituents is 1. The fourth-order valence-electron chi connectivity index (χ4n) is 0.954. The second-order valence-electron chi connectivity index (χ2n) is 2.67. The molecule has 0 aliphatic heterocycles. The van der Waals surface area contributed by atoms with Gasteiger partial charge in [0, 0.05) is 11.3 Å². The highest BCUT2D eigenvalue weighted by Crippen LogP contribution is 2.22. The Kier molecular flexibility index (Phi) is 3.81. The Hall–Kier alpha value is -0.480. The molecule has 0 aliphatic rings. The third-order valence-corrected chi connectivity index (χ3v) is 2.59. The van der Waals surface area contributed by atoms with Crippen LogP contribution in [0.3, 0.4) is 0 Å². The predicted molar refractivity (Wildman–Crippen MR) is 57.9 cm³/mol. The molecule has 1 aromatic rings. The molecule has 0 amide bonds. The molecular formula is C9H9BrO2S. The molecular weight excluding hydrogens is 252 g/mol. The van der Waals surface area contributed by atoms with Gasteiger partial charge in [-0.05, 0) is 17.7 Å². The van der Waals surface area contributed by atoms with Gasteiger partial charge >= 0.3 is 0 Å². The molecule has 1 N–H and O–H groups in total. The lowest BCUT2D eigenvalue weighted by Gasteiger charge is -2.01. The first-order chi connectivity index (χ1) is 6.13. The van der Waals surface area contributed by atoms with E-state index >= 15 is 0 Å². The van der Waals surface area contributed by atoms with Gasteiger partial charge < -0.3 is 5.11 Å². The van der Waals surface area contributed by atoms with Crippen LogP contribution in [0, 0.1) is 0 Å². The minimum Gasteiger partial charge on any atom is -0.507 e. The molecule has 0 aliphatic carbocycles. The van der Waals surface area contributed by atoms with E-state index in [1.165, 1.54) is 0 Å². The van der Waals surface area contributed by atoms with Gasteiger partial charge in [0.15, 0.2) is 0 Å². The molecule has 0 saturated carbocycles. The van der Waals surface area contributed by atoms with Crippen molar-refractivity contribution >= 4 is 34.3 Å². The third-order valence-electron chi connectivity index (χ3n) is 1.59. The maximum absolute atomic E-state index is 11.0. The van der Waals surface area contributed by atoms with Crippen LogP contribution in [0.2, 0.25) is 0 Å². The largest absolute Gasteiger partial charge is 0.507 e. The van der Waals surface area contributed by atoms with E-state index in [1.807, 2.05) is 0 Å². The van der Waals surface area contributed by atoms with Gasteiger partial charge in [0.25, 0.3) is 0 Å². The van der Waals surface area contributed by atoms with Gasteiger partial charge in [-0.25, -0.2) is 0 Å². The second-order valence-corrected chi connectivity index (χ2v) is 3.71. The molecule has 1 aromatic carbocycles. The van der Waals surface area contributed by atoms with E-state index in [2.05, 4.69) is 28.6 Å². The van der Waals surface area contributed by atoms with Crippen molar-refractivity contribution in [2.24, 2.45) is 0 Å². The number of Topliss-reactive ketones (excluding diaryl/α,β-unsaturated/α-hetero) is 1. The molecule has 0 heterocycles. The second kappa shape index (κ2) is 4.67. The Balaban J connectivity index is 2.79. The zero-order valence-corrected chi connectivity index (χ0v) is 9.31. The van der Waals surface area contributed by atoms with E-state index in [4.69, 9.17) is 0 Å². The number of ketones is 1. The highest BCUT2D eigenvalue weighted by Gasteiger charge is 2.03. The lowest BCUT2D eigenvalue weighted by Crippen LogP contribution is -2.02. The van der Waals surface area contributed by atoms with Crippen molar-refractivity contribution in [3.8, 4) is 5.75 Å². The van der Waals surface area contributed by atoms with Crippen molar-refractivity contribution in [2.75, 3.05) is 5.33 Å². The average Bonchev–Trinajstić information content (AvgIpc) is 2.11. The fourth-order valence-corrected chi connectivity index (χ4v) is 1.29. The molecule has 70 valence electrons. The van der Waals surface area contributed by atoms with Crippen LogP contribution in [0.25, 0.3) is 0 Å². The van der Waals surface area contributed by atoms with Crippen molar-refractivity contribution in [1.29, 1.82) is 0 Å². The van der Waals surface area contributed by atoms with Gasteiger partial charge in [-0.3, -0.25) is 4.79 Å². The summed E-state index contributed by atoms with van der Waals surface area (Å²) in [4.78, 5) is 11.6. The van der Waals surface area contributed by atoms with E-state index in [1.54, 1.807) is 18.2 Å². The molecule has 0 saturated heterocycles. The van der Waals surface area contributed by atoms with Crippen molar-refractivity contribution in [3.05, 3.63) is 23.8 Å². The van der Waals surface area contributed by atoms with Gasteiger partial charge in [-0.15, -0.1) is 12.6 Å². The summed E-state index contributed by atoms with van der Waals surface area (Å²) in [7, 11) is 0. The van der Waals surface area contributed by atoms with Crippen LogP contribution in [0.4, 0.5) is 0 Å². The molecule has 13 heavy (non-hydrogen) atoms. The molecule has 0 fully saturated rings. The summed E-state index contributed by atoms with van der Waals surface area (Å²) in [5, 5.41) is 9.63. The molecule has 1 rings (SSSR count). The van der Waals surface area contributed by atoms with Crippen molar-refractivity contribution < 1.29 is 9.90 Å². The third kappa shape index (κ3) is 3.04. The van der Waals surface area contributed by atoms with Crippen molar-refractivity contribution in [3.63, 3.8) is 0 Å². The summed E-state index contributed by atoms with van der Waals surface area (Å²) in [5.74, 6) is 0.203. The molecule has 0 bridgehead atoms. The fraction of sp³-hybridized carbons (Fsp3) is 0.222. The van der Waals surface area contributed by atoms with E-state index in [0.29, 0.717) is 16.6 Å². The molecule has 4 heteroatoms. The number of phenols is 1. The van der Waals surface area contributed by atoms with Crippen molar-refractivity contribution in [2.45, 2.75) is 11.3 Å². The molecule has 2 nitrogen and oxygen atoms in total. The first-order valence-corrected chi connectivity index (χ1v) is 5.29. The Labute approximate surface area is 90.5 Å². The Morgan fingerprint density at radius 1 is 1.54 bits per heavy atom. The van der Waals surface area contributed by atoms with Crippen molar-refractivity contribution in [1.82, 2.24) is 0 Å². The highest BCUT2D eigenvalue weighted by molar-refractivity contribution is 9.09. The van der Waals surface area contributed by atoms with Gasteiger partial charge in [0.2, 0.25) is 0 Å². The smallest absolute Gasteiger partial charge is 0.147 e. The Morgan fingerprint density at radius 3 is 2.77 bits per heavy atom. The lowest BCUT2D eigenvalue weighted by atomic mass is 10.1. The zero-order valence-electron chi connectivity index (χ0n) is 6.83. The number of carbonyl (C=O) groups is 1. The number of aromatic hydroxyl groups is 1. The van der Waals surface area contributed by atoms with Crippen LogP contribution in [-0.2, 0) is 11.2 Å². The normalized spacial score (nSPS) is 10.0. The monoisotopic (exact) mass is 260 g/mol. The SMILES string of the molecule is O=C(CBr)Cc1ccc(S)c(O)c1. The number of benzene rings is 1. The number of halogens is 1. The number of thiol groups is 1. The van der Waals surface area contributed by atoms with Gasteiger partial charge in [0.05, 0.1) is 5.33 Å². The molecule has 0 aromatic heterocycles. The van der Waals surface area contributed by atoms with Crippen LogP contribution in [0.1, 0.15) is 5.56 Å². The van der Waals surface area contributed by atoms with Crippen LogP contribution in [0.15, 0.2) is 23.1 Å². The van der Waals surface area contributed by atoms with Gasteiger partial charge in [-0.1, -0.05) is 22.0 Å². The molecule has 0 atom stereocenters. The lowest BCUT2D eigenvalue weighted by molar-refractivity contribution is -0.115. The summed E-state index contributed by atoms with van der Waals surface area (Å²) in [6.07, 6.45) is 0.340. The standard InChI is InChI=1S/C9H9BrO2S/c10-5-7(11)3-6-1-2-9(13)8(12)4-6/h1-2,4,12-13H,3,5H2. The minimum atomic E-state index is 0.0892. The zero-order chi connectivity index (χ0) is 9.84. The average molecular weight is 261 g/mol. The minimum absolute atomic E-state index is 0.0892. The van der Waals surface area contributed by atoms with Gasteiger partial charge in [0.1, 0.15) is 11.5 Å². The summed E-state index contributed by atoms with van der Waals surface area (Å²) in [6, 6.07) is 5.01. The van der Waals surface area contributed by atoms with Gasteiger partial charge in [-0.2, -0.15) is 0 Å². The Morgan fingerprint density at radius 2 is 2.23 bits per heavy atom. The number of rotatable bonds is 3. The molecule has 0 unspecified atom stereocenters. The quantitative estimate of drug-likeness (QED) is 0.646. The van der Waals surface area contributed by atoms with Crippen LogP contribution in [0.5, 0.6) is 5.75 Å². The van der Waals surface area contributed by atoms with Crippen LogP contribution in [-0.4, -0.2) is 16.2 Å². The number of carbonyl (C=O) groups excluding carboxylic acids is 1. The number of alkyl halides is 1. The maximum Gasteiger partial charge on any atom is 0.147 e. The summed E-state index contributed by atoms with van der Waals surface area (Å²) >= 11 is 7.09. The summed E-state index contributed by atoms with van der Waals surface area (Å²) in [6.45, 7) is 0. The molecule has 0 radical (unpaired) electrons. The molecule has 0 spiro atoms. The summed E-state index contributed by atoms with van der Waals surface area (Å²) in [5.41, 5.74) is 0.805. The maximum atomic E-state index is 11.0. The van der Waals surface area contributed by atoms with E-state index < -0.39 is 0 Å². The van der Waals surface area contributed by atoms with E-state index in [-0.39, 0.29) is 11.5 Å². The van der Waals surface area contributed by atoms with Crippen LogP contribution < -0.4 is 0 Å². The number of hydrogen-bond acceptors (Lipinski definition) is 3. The first kappa shape index (κ1) is 10.6. The highest BCUT2D eigenvalue weighted by atomic mass is 79.9. The predicted octanol–water partition coefficient (Wildman–Crippen LogP) is 2.19. The van der Waals surface area contributed by atoms with Crippen LogP contribution >= 0.6 is 28.6 Å². The summed E-state index contributed by atoms with van der Waals surface area (Å²) < 4.78 is 0. The van der Waals surface area contributed by atoms with E-state index in [9.17, 15) is 9.90 Å².